The minimum absolute atomic E-state index is 0.248. The molecule has 1 heterocycles. The summed E-state index contributed by atoms with van der Waals surface area (Å²) in [6.07, 6.45) is 1.54. The van der Waals surface area contributed by atoms with Crippen molar-refractivity contribution < 1.29 is 9.11 Å². The lowest BCUT2D eigenvalue weighted by molar-refractivity contribution is 0.497. The molecule has 2 aromatic rings. The number of aryl methyl sites for hydroxylation is 1. The van der Waals surface area contributed by atoms with Gasteiger partial charge in [-0.2, -0.15) is 0 Å². The summed E-state index contributed by atoms with van der Waals surface area (Å²) in [5, 5.41) is 0.248. The molecule has 94 valence electrons. The van der Waals surface area contributed by atoms with Crippen LogP contribution >= 0.6 is 10.6 Å². The second-order valence-corrected chi connectivity index (χ2v) is 5.96. The summed E-state index contributed by atoms with van der Waals surface area (Å²) in [5.74, 6) is 0. The molecule has 2 N–H and O–H groups in total. The summed E-state index contributed by atoms with van der Waals surface area (Å²) in [6.45, 7) is 5.74. The van der Waals surface area contributed by atoms with Gasteiger partial charge in [-0.05, 0) is 24.6 Å². The fraction of sp³-hybridized carbons (Fsp3) is 0.0714. The molecule has 0 amide bonds. The first-order chi connectivity index (χ1) is 8.53. The summed E-state index contributed by atoms with van der Waals surface area (Å²) in [6, 6.07) is 12.5. The first kappa shape index (κ1) is 12.8. The second kappa shape index (κ2) is 4.94. The number of aromatic nitrogens is 1. The molecule has 3 nitrogen and oxygen atoms in total. The fourth-order valence-electron chi connectivity index (χ4n) is 1.68. The van der Waals surface area contributed by atoms with Crippen LogP contribution in [0, 0.1) is 6.92 Å². The maximum absolute atomic E-state index is 10.3. The van der Waals surface area contributed by atoms with Gasteiger partial charge in [0.25, 0.3) is 0 Å². The maximum atomic E-state index is 10.3. The molecule has 18 heavy (non-hydrogen) atoms. The second-order valence-electron chi connectivity index (χ2n) is 3.95. The lowest BCUT2D eigenvalue weighted by Gasteiger charge is -2.33. The van der Waals surface area contributed by atoms with Gasteiger partial charge in [-0.25, -0.2) is 4.98 Å². The van der Waals surface area contributed by atoms with E-state index in [4.69, 9.17) is 0 Å². The van der Waals surface area contributed by atoms with Crippen LogP contribution < -0.4 is 0 Å². The highest BCUT2D eigenvalue weighted by molar-refractivity contribution is 8.32. The Balaban J connectivity index is 2.43. The van der Waals surface area contributed by atoms with E-state index < -0.39 is 10.6 Å². The highest BCUT2D eigenvalue weighted by Gasteiger charge is 2.23. The molecule has 0 atom stereocenters. The molecule has 0 radical (unpaired) electrons. The monoisotopic (exact) mass is 261 g/mol. The Hall–Kier alpha value is -1.62. The molecule has 0 unspecified atom stereocenters. The van der Waals surface area contributed by atoms with E-state index in [1.165, 1.54) is 6.20 Å². The van der Waals surface area contributed by atoms with Gasteiger partial charge >= 0.3 is 0 Å². The van der Waals surface area contributed by atoms with Crippen molar-refractivity contribution in [3.05, 3.63) is 66.4 Å². The highest BCUT2D eigenvalue weighted by Crippen LogP contribution is 2.57. The predicted molar refractivity (Wildman–Crippen MR) is 75.6 cm³/mol. The Bertz CT molecular complexity index is 567. The van der Waals surface area contributed by atoms with E-state index in [2.05, 4.69) is 11.6 Å². The Labute approximate surface area is 108 Å². The molecule has 4 heteroatoms. The number of hydrogen-bond acceptors (Lipinski definition) is 3. The predicted octanol–water partition coefficient (Wildman–Crippen LogP) is 4.17. The van der Waals surface area contributed by atoms with Crippen LogP contribution in [0.5, 0.6) is 0 Å². The number of hydrogen-bond donors (Lipinski definition) is 2. The summed E-state index contributed by atoms with van der Waals surface area (Å²) in [5.41, 5.74) is 1.71. The molecule has 0 bridgehead atoms. The third-order valence-electron chi connectivity index (χ3n) is 2.72. The zero-order chi connectivity index (χ0) is 13.2. The quantitative estimate of drug-likeness (QED) is 0.871. The number of benzene rings is 1. The van der Waals surface area contributed by atoms with Crippen molar-refractivity contribution in [3.63, 3.8) is 0 Å². The van der Waals surface area contributed by atoms with Crippen LogP contribution in [0.25, 0.3) is 4.91 Å². The van der Waals surface area contributed by atoms with E-state index in [1.54, 1.807) is 18.2 Å². The van der Waals surface area contributed by atoms with Crippen molar-refractivity contribution >= 4 is 15.5 Å². The number of rotatable bonds is 3. The van der Waals surface area contributed by atoms with Gasteiger partial charge in [-0.15, -0.1) is 10.6 Å². The average Bonchev–Trinajstić information content (AvgIpc) is 2.39. The number of pyridine rings is 1. The van der Waals surface area contributed by atoms with Crippen LogP contribution in [0.1, 0.15) is 11.1 Å². The van der Waals surface area contributed by atoms with E-state index in [0.717, 1.165) is 11.1 Å². The van der Waals surface area contributed by atoms with Gasteiger partial charge in [-0.3, -0.25) is 9.11 Å². The van der Waals surface area contributed by atoms with Crippen molar-refractivity contribution in [1.82, 2.24) is 4.98 Å². The Kier molecular flexibility index (Phi) is 3.52. The summed E-state index contributed by atoms with van der Waals surface area (Å²) in [4.78, 5) is 4.31. The topological polar surface area (TPSA) is 53.4 Å². The van der Waals surface area contributed by atoms with Gasteiger partial charge in [0, 0.05) is 11.8 Å². The van der Waals surface area contributed by atoms with Crippen molar-refractivity contribution in [2.45, 2.75) is 11.9 Å². The summed E-state index contributed by atoms with van der Waals surface area (Å²) in [7, 11) is -3.12. The molecular formula is C14H15NO2S. The molecular weight excluding hydrogens is 246 g/mol. The van der Waals surface area contributed by atoms with Gasteiger partial charge in [-0.1, -0.05) is 36.9 Å². The third kappa shape index (κ3) is 2.31. The van der Waals surface area contributed by atoms with Gasteiger partial charge in [0.15, 0.2) is 5.03 Å². The zero-order valence-electron chi connectivity index (χ0n) is 10.1. The van der Waals surface area contributed by atoms with Crippen LogP contribution in [-0.4, -0.2) is 14.1 Å². The van der Waals surface area contributed by atoms with Crippen molar-refractivity contribution in [1.29, 1.82) is 0 Å². The van der Waals surface area contributed by atoms with E-state index >= 15 is 0 Å². The Morgan fingerprint density at radius 3 is 2.39 bits per heavy atom. The van der Waals surface area contributed by atoms with Crippen molar-refractivity contribution in [2.24, 2.45) is 0 Å². The molecule has 0 saturated heterocycles. The van der Waals surface area contributed by atoms with Crippen LogP contribution in [-0.2, 0) is 0 Å². The van der Waals surface area contributed by atoms with Crippen LogP contribution in [0.2, 0.25) is 0 Å². The molecule has 1 aromatic carbocycles. The highest BCUT2D eigenvalue weighted by atomic mass is 32.3. The number of nitrogens with zero attached hydrogens (tertiary/aromatic N) is 1. The first-order valence-corrected chi connectivity index (χ1v) is 7.02. The fourth-order valence-corrected chi connectivity index (χ4v) is 2.95. The third-order valence-corrected chi connectivity index (χ3v) is 4.45. The first-order valence-electron chi connectivity index (χ1n) is 5.47. The van der Waals surface area contributed by atoms with E-state index in [0.29, 0.717) is 4.91 Å². The van der Waals surface area contributed by atoms with Gasteiger partial charge in [0.2, 0.25) is 0 Å². The Morgan fingerprint density at radius 2 is 1.78 bits per heavy atom. The molecule has 0 aliphatic rings. The van der Waals surface area contributed by atoms with E-state index in [-0.39, 0.29) is 5.03 Å². The summed E-state index contributed by atoms with van der Waals surface area (Å²) < 4.78 is 20.6. The minimum Gasteiger partial charge on any atom is -0.289 e. The lowest BCUT2D eigenvalue weighted by Crippen LogP contribution is -2.03. The minimum atomic E-state index is -3.12. The standard InChI is InChI=1S/C14H15NO2S/c1-11-7-3-4-8-13(11)12(2)18(16,17)14-9-5-6-10-15-14/h3-10,16-17H,2H2,1H3. The molecule has 0 aliphatic heterocycles. The van der Waals surface area contributed by atoms with Crippen molar-refractivity contribution in [2.75, 3.05) is 0 Å². The van der Waals surface area contributed by atoms with E-state index in [9.17, 15) is 9.11 Å². The van der Waals surface area contributed by atoms with Crippen LogP contribution in [0.4, 0.5) is 0 Å². The summed E-state index contributed by atoms with van der Waals surface area (Å²) >= 11 is 0. The zero-order valence-corrected chi connectivity index (χ0v) is 10.9. The van der Waals surface area contributed by atoms with Crippen LogP contribution in [0.15, 0.2) is 60.3 Å². The van der Waals surface area contributed by atoms with Crippen LogP contribution in [0.3, 0.4) is 0 Å². The Morgan fingerprint density at radius 1 is 1.11 bits per heavy atom. The molecule has 0 spiro atoms. The molecule has 1 aromatic heterocycles. The van der Waals surface area contributed by atoms with Gasteiger partial charge in [0.1, 0.15) is 0 Å². The van der Waals surface area contributed by atoms with Gasteiger partial charge < -0.3 is 0 Å². The van der Waals surface area contributed by atoms with E-state index in [1.807, 2.05) is 31.2 Å². The molecule has 0 saturated carbocycles. The molecule has 2 rings (SSSR count). The molecule has 0 aliphatic carbocycles. The smallest absolute Gasteiger partial charge is 0.151 e. The maximum Gasteiger partial charge on any atom is 0.151 e. The van der Waals surface area contributed by atoms with Crippen molar-refractivity contribution in [3.8, 4) is 0 Å². The SMILES string of the molecule is C=C(c1ccccc1C)S(O)(O)c1ccccn1. The van der Waals surface area contributed by atoms with Gasteiger partial charge in [0.05, 0.1) is 4.91 Å². The largest absolute Gasteiger partial charge is 0.289 e. The molecule has 0 fully saturated rings. The normalized spacial score (nSPS) is 12.2. The average molecular weight is 261 g/mol. The lowest BCUT2D eigenvalue weighted by atomic mass is 10.1.